The molecule has 0 aromatic carbocycles. The molecular weight excluding hydrogens is 157 g/mol. The highest BCUT2D eigenvalue weighted by Crippen LogP contribution is 2.20. The summed E-state index contributed by atoms with van der Waals surface area (Å²) in [7, 11) is 0. The number of hydrogen-bond acceptors (Lipinski definition) is 2. The van der Waals surface area contributed by atoms with Gasteiger partial charge in [-0.15, -0.1) is 0 Å². The summed E-state index contributed by atoms with van der Waals surface area (Å²) in [4.78, 5) is 0. The predicted molar refractivity (Wildman–Crippen MR) is 48.9 cm³/mol. The maximum absolute atomic E-state index is 11.7. The first-order valence-corrected chi connectivity index (χ1v) is 4.50. The Bertz CT molecular complexity index is 107. The van der Waals surface area contributed by atoms with Crippen LogP contribution in [0, 0.1) is 5.41 Å². The monoisotopic (exact) mass is 177 g/mol. The van der Waals surface area contributed by atoms with Gasteiger partial charge in [-0.2, -0.15) is 0 Å². The van der Waals surface area contributed by atoms with Gasteiger partial charge in [0.05, 0.1) is 0 Å². The molecule has 0 aliphatic heterocycles. The molecule has 2 N–H and O–H groups in total. The molecule has 0 unspecified atom stereocenters. The van der Waals surface area contributed by atoms with E-state index in [1.807, 2.05) is 0 Å². The summed E-state index contributed by atoms with van der Waals surface area (Å²) in [5.74, 6) is 0. The molecule has 2 nitrogen and oxygen atoms in total. The minimum atomic E-state index is -0.309. The lowest BCUT2D eigenvalue weighted by Gasteiger charge is -2.24. The van der Waals surface area contributed by atoms with Crippen molar-refractivity contribution < 1.29 is 9.50 Å². The highest BCUT2D eigenvalue weighted by Gasteiger charge is 2.15. The molecule has 0 atom stereocenters. The molecule has 0 radical (unpaired) electrons. The van der Waals surface area contributed by atoms with Crippen LogP contribution in [0.4, 0.5) is 4.39 Å². The van der Waals surface area contributed by atoms with Gasteiger partial charge in [-0.1, -0.05) is 13.8 Å². The van der Waals surface area contributed by atoms with Gasteiger partial charge in [0.15, 0.2) is 0 Å². The zero-order chi connectivity index (χ0) is 9.45. The average molecular weight is 177 g/mol. The minimum Gasteiger partial charge on any atom is -0.396 e. The Balaban J connectivity index is 3.42. The molecule has 0 aromatic rings. The van der Waals surface area contributed by atoms with Crippen molar-refractivity contribution in [1.82, 2.24) is 5.32 Å². The van der Waals surface area contributed by atoms with E-state index in [0.29, 0.717) is 6.54 Å². The molecule has 0 aliphatic carbocycles. The van der Waals surface area contributed by atoms with Crippen LogP contribution in [-0.4, -0.2) is 31.5 Å². The van der Waals surface area contributed by atoms with Gasteiger partial charge in [0, 0.05) is 19.7 Å². The number of hydrogen-bond donors (Lipinski definition) is 2. The zero-order valence-corrected chi connectivity index (χ0v) is 8.07. The third kappa shape index (κ3) is 6.55. The Morgan fingerprint density at radius 3 is 2.58 bits per heavy atom. The van der Waals surface area contributed by atoms with Crippen molar-refractivity contribution in [3.05, 3.63) is 0 Å². The third-order valence-electron chi connectivity index (χ3n) is 1.89. The second kappa shape index (κ2) is 6.38. The molecular formula is C9H20FNO. The fourth-order valence-electron chi connectivity index (χ4n) is 1.14. The molecule has 0 amide bonds. The van der Waals surface area contributed by atoms with Crippen molar-refractivity contribution in [2.75, 3.05) is 26.4 Å². The van der Waals surface area contributed by atoms with Gasteiger partial charge in [-0.05, 0) is 18.3 Å². The summed E-state index contributed by atoms with van der Waals surface area (Å²) in [5.41, 5.74) is 0.165. The smallest absolute Gasteiger partial charge is 0.102 e. The Labute approximate surface area is 74.2 Å². The van der Waals surface area contributed by atoms with Crippen LogP contribution in [0.1, 0.15) is 26.7 Å². The highest BCUT2D eigenvalue weighted by atomic mass is 19.1. The van der Waals surface area contributed by atoms with Gasteiger partial charge in [-0.25, -0.2) is 4.39 Å². The molecule has 0 aromatic heterocycles. The van der Waals surface area contributed by atoms with Gasteiger partial charge >= 0.3 is 0 Å². The largest absolute Gasteiger partial charge is 0.396 e. The first-order chi connectivity index (χ1) is 5.62. The van der Waals surface area contributed by atoms with E-state index in [9.17, 15) is 4.39 Å². The van der Waals surface area contributed by atoms with Gasteiger partial charge in [0.1, 0.15) is 6.67 Å². The zero-order valence-electron chi connectivity index (χ0n) is 8.07. The van der Waals surface area contributed by atoms with E-state index in [4.69, 9.17) is 5.11 Å². The topological polar surface area (TPSA) is 32.3 Å². The number of nitrogens with one attached hydrogen (secondary N) is 1. The Kier molecular flexibility index (Phi) is 6.30. The van der Waals surface area contributed by atoms with Gasteiger partial charge in [-0.3, -0.25) is 0 Å². The van der Waals surface area contributed by atoms with E-state index in [1.165, 1.54) is 0 Å². The van der Waals surface area contributed by atoms with Crippen LogP contribution in [0.3, 0.4) is 0 Å². The Hall–Kier alpha value is -0.150. The quantitative estimate of drug-likeness (QED) is 0.575. The number of rotatable bonds is 7. The highest BCUT2D eigenvalue weighted by molar-refractivity contribution is 4.71. The SMILES string of the molecule is CC(C)(CCCO)CNCCF. The maximum atomic E-state index is 11.7. The van der Waals surface area contributed by atoms with Crippen molar-refractivity contribution >= 4 is 0 Å². The second-order valence-electron chi connectivity index (χ2n) is 3.86. The molecule has 74 valence electrons. The summed E-state index contributed by atoms with van der Waals surface area (Å²) in [6.07, 6.45) is 1.80. The number of aliphatic hydroxyl groups excluding tert-OH is 1. The second-order valence-corrected chi connectivity index (χ2v) is 3.86. The Morgan fingerprint density at radius 1 is 1.42 bits per heavy atom. The molecule has 0 saturated carbocycles. The van der Waals surface area contributed by atoms with Crippen LogP contribution in [0.2, 0.25) is 0 Å². The predicted octanol–water partition coefficient (Wildman–Crippen LogP) is 1.34. The third-order valence-corrected chi connectivity index (χ3v) is 1.89. The van der Waals surface area contributed by atoms with Crippen LogP contribution in [0.25, 0.3) is 0 Å². The Morgan fingerprint density at radius 2 is 2.08 bits per heavy atom. The van der Waals surface area contributed by atoms with Gasteiger partial charge < -0.3 is 10.4 Å². The first kappa shape index (κ1) is 11.8. The molecule has 0 rings (SSSR count). The van der Waals surface area contributed by atoms with Crippen molar-refractivity contribution in [2.45, 2.75) is 26.7 Å². The van der Waals surface area contributed by atoms with Crippen LogP contribution < -0.4 is 5.32 Å². The van der Waals surface area contributed by atoms with E-state index in [2.05, 4.69) is 19.2 Å². The lowest BCUT2D eigenvalue weighted by Crippen LogP contribution is -2.30. The lowest BCUT2D eigenvalue weighted by atomic mass is 9.88. The van der Waals surface area contributed by atoms with Crippen molar-refractivity contribution in [1.29, 1.82) is 0 Å². The molecule has 0 bridgehead atoms. The average Bonchev–Trinajstić information content (AvgIpc) is 2.01. The van der Waals surface area contributed by atoms with Crippen molar-refractivity contribution in [3.8, 4) is 0 Å². The molecule has 0 saturated heterocycles. The molecule has 0 heterocycles. The van der Waals surface area contributed by atoms with Crippen LogP contribution >= 0.6 is 0 Å². The van der Waals surface area contributed by atoms with E-state index in [0.717, 1.165) is 19.4 Å². The fourth-order valence-corrected chi connectivity index (χ4v) is 1.14. The maximum Gasteiger partial charge on any atom is 0.102 e. The van der Waals surface area contributed by atoms with Crippen LogP contribution in [-0.2, 0) is 0 Å². The van der Waals surface area contributed by atoms with Crippen LogP contribution in [0.15, 0.2) is 0 Å². The molecule has 0 spiro atoms. The van der Waals surface area contributed by atoms with Crippen molar-refractivity contribution in [2.24, 2.45) is 5.41 Å². The van der Waals surface area contributed by atoms with Gasteiger partial charge in [0.2, 0.25) is 0 Å². The summed E-state index contributed by atoms with van der Waals surface area (Å²) in [6.45, 7) is 5.42. The summed E-state index contributed by atoms with van der Waals surface area (Å²) >= 11 is 0. The number of aliphatic hydroxyl groups is 1. The summed E-state index contributed by atoms with van der Waals surface area (Å²) in [6, 6.07) is 0. The molecule has 12 heavy (non-hydrogen) atoms. The number of alkyl halides is 1. The normalized spacial score (nSPS) is 12.0. The first-order valence-electron chi connectivity index (χ1n) is 4.50. The van der Waals surface area contributed by atoms with E-state index in [-0.39, 0.29) is 18.7 Å². The molecule has 0 fully saturated rings. The lowest BCUT2D eigenvalue weighted by molar-refractivity contribution is 0.235. The molecule has 0 aliphatic rings. The fraction of sp³-hybridized carbons (Fsp3) is 1.00. The van der Waals surface area contributed by atoms with Crippen molar-refractivity contribution in [3.63, 3.8) is 0 Å². The van der Waals surface area contributed by atoms with E-state index < -0.39 is 0 Å². The van der Waals surface area contributed by atoms with Gasteiger partial charge in [0.25, 0.3) is 0 Å². The summed E-state index contributed by atoms with van der Waals surface area (Å²) in [5, 5.41) is 11.6. The molecule has 3 heteroatoms. The number of halogens is 1. The van der Waals surface area contributed by atoms with E-state index in [1.54, 1.807) is 0 Å². The summed E-state index contributed by atoms with van der Waals surface area (Å²) < 4.78 is 11.7. The van der Waals surface area contributed by atoms with E-state index >= 15 is 0 Å². The standard InChI is InChI=1S/C9H20FNO/c1-9(2,4-3-7-12)8-11-6-5-10/h11-12H,3-8H2,1-2H3. The van der Waals surface area contributed by atoms with Crippen LogP contribution in [0.5, 0.6) is 0 Å². The minimum absolute atomic E-state index is 0.165.